The SMILES string of the molecule is CC(O)(CNC(=O)C(=O)Nc1cc(F)ccc1F)c1ccc(-c2ccccc2)cc1. The van der Waals surface area contributed by atoms with Gasteiger partial charge in [-0.15, -0.1) is 0 Å². The van der Waals surface area contributed by atoms with E-state index in [0.29, 0.717) is 5.56 Å². The molecule has 3 aromatic carbocycles. The zero-order valence-electron chi connectivity index (χ0n) is 16.2. The van der Waals surface area contributed by atoms with Crippen LogP contribution < -0.4 is 10.6 Å². The van der Waals surface area contributed by atoms with Gasteiger partial charge in [0.15, 0.2) is 0 Å². The number of halogens is 2. The number of carbonyl (C=O) groups is 2. The third-order valence-electron chi connectivity index (χ3n) is 4.59. The molecule has 3 aromatic rings. The number of aliphatic hydroxyl groups is 1. The summed E-state index contributed by atoms with van der Waals surface area (Å²) in [6.07, 6.45) is 0. The van der Waals surface area contributed by atoms with E-state index in [1.807, 2.05) is 47.8 Å². The van der Waals surface area contributed by atoms with E-state index >= 15 is 0 Å². The number of nitrogens with one attached hydrogen (secondary N) is 2. The van der Waals surface area contributed by atoms with Gasteiger partial charge in [0.2, 0.25) is 0 Å². The number of anilines is 1. The summed E-state index contributed by atoms with van der Waals surface area (Å²) in [5, 5.41) is 15.0. The van der Waals surface area contributed by atoms with Crippen LogP contribution in [-0.4, -0.2) is 23.5 Å². The van der Waals surface area contributed by atoms with Gasteiger partial charge < -0.3 is 15.7 Å². The average Bonchev–Trinajstić information content (AvgIpc) is 2.75. The van der Waals surface area contributed by atoms with Gasteiger partial charge in [-0.2, -0.15) is 0 Å². The largest absolute Gasteiger partial charge is 0.384 e. The Morgan fingerprint density at radius 2 is 1.53 bits per heavy atom. The van der Waals surface area contributed by atoms with Gasteiger partial charge in [0.25, 0.3) is 0 Å². The Kier molecular flexibility index (Phi) is 6.23. The molecular formula is C23H20F2N2O3. The van der Waals surface area contributed by atoms with Crippen LogP contribution in [0.15, 0.2) is 72.8 Å². The van der Waals surface area contributed by atoms with Gasteiger partial charge in [0.1, 0.15) is 17.2 Å². The van der Waals surface area contributed by atoms with Gasteiger partial charge in [0, 0.05) is 6.07 Å². The Bertz CT molecular complexity index is 1050. The molecule has 0 saturated heterocycles. The highest BCUT2D eigenvalue weighted by Gasteiger charge is 2.26. The second-order valence-electron chi connectivity index (χ2n) is 6.98. The lowest BCUT2D eigenvalue weighted by Crippen LogP contribution is -2.43. The van der Waals surface area contributed by atoms with Crippen LogP contribution in [0.4, 0.5) is 14.5 Å². The molecule has 1 unspecified atom stereocenters. The molecule has 0 aliphatic heterocycles. The maximum Gasteiger partial charge on any atom is 0.313 e. The lowest BCUT2D eigenvalue weighted by atomic mass is 9.93. The molecule has 3 N–H and O–H groups in total. The quantitative estimate of drug-likeness (QED) is 0.563. The summed E-state index contributed by atoms with van der Waals surface area (Å²) in [5.41, 5.74) is 0.640. The fourth-order valence-corrected chi connectivity index (χ4v) is 2.86. The lowest BCUT2D eigenvalue weighted by Gasteiger charge is -2.24. The van der Waals surface area contributed by atoms with Crippen molar-refractivity contribution in [1.29, 1.82) is 0 Å². The highest BCUT2D eigenvalue weighted by atomic mass is 19.1. The summed E-state index contributed by atoms with van der Waals surface area (Å²) in [4.78, 5) is 23.9. The molecule has 1 atom stereocenters. The van der Waals surface area contributed by atoms with Crippen LogP contribution >= 0.6 is 0 Å². The molecule has 0 fully saturated rings. The third-order valence-corrected chi connectivity index (χ3v) is 4.59. The second kappa shape index (κ2) is 8.84. The van der Waals surface area contributed by atoms with Gasteiger partial charge in [-0.05, 0) is 35.7 Å². The standard InChI is InChI=1S/C23H20F2N2O3/c1-23(30,17-9-7-16(8-10-17)15-5-3-2-4-6-15)14-26-21(28)22(29)27-20-13-18(24)11-12-19(20)25/h2-13,30H,14H2,1H3,(H,26,28)(H,27,29). The maximum absolute atomic E-state index is 13.6. The fourth-order valence-electron chi connectivity index (χ4n) is 2.86. The summed E-state index contributed by atoms with van der Waals surface area (Å²) in [7, 11) is 0. The molecule has 0 heterocycles. The van der Waals surface area contributed by atoms with E-state index in [1.54, 1.807) is 12.1 Å². The van der Waals surface area contributed by atoms with Gasteiger partial charge in [0.05, 0.1) is 12.2 Å². The van der Waals surface area contributed by atoms with E-state index in [9.17, 15) is 23.5 Å². The lowest BCUT2D eigenvalue weighted by molar-refractivity contribution is -0.136. The molecule has 5 nitrogen and oxygen atoms in total. The van der Waals surface area contributed by atoms with E-state index in [2.05, 4.69) is 5.32 Å². The highest BCUT2D eigenvalue weighted by molar-refractivity contribution is 6.39. The number of benzene rings is 3. The van der Waals surface area contributed by atoms with Gasteiger partial charge in [-0.25, -0.2) is 8.78 Å². The first-order valence-electron chi connectivity index (χ1n) is 9.19. The molecule has 0 aromatic heterocycles. The smallest absolute Gasteiger partial charge is 0.313 e. The minimum Gasteiger partial charge on any atom is -0.384 e. The predicted molar refractivity (Wildman–Crippen MR) is 109 cm³/mol. The van der Waals surface area contributed by atoms with E-state index < -0.39 is 34.7 Å². The van der Waals surface area contributed by atoms with Crippen molar-refractivity contribution in [3.63, 3.8) is 0 Å². The van der Waals surface area contributed by atoms with E-state index in [-0.39, 0.29) is 6.54 Å². The summed E-state index contributed by atoms with van der Waals surface area (Å²) in [6.45, 7) is 1.24. The maximum atomic E-state index is 13.6. The normalized spacial score (nSPS) is 12.7. The van der Waals surface area contributed by atoms with Gasteiger partial charge >= 0.3 is 11.8 Å². The molecule has 0 bridgehead atoms. The zero-order valence-corrected chi connectivity index (χ0v) is 16.2. The van der Waals surface area contributed by atoms with Crippen molar-refractivity contribution >= 4 is 17.5 Å². The predicted octanol–water partition coefficient (Wildman–Crippen LogP) is 3.59. The summed E-state index contributed by atoms with van der Waals surface area (Å²) in [6, 6.07) is 19.4. The second-order valence-corrected chi connectivity index (χ2v) is 6.98. The Hall–Kier alpha value is -3.58. The molecule has 30 heavy (non-hydrogen) atoms. The van der Waals surface area contributed by atoms with Crippen LogP contribution in [0.5, 0.6) is 0 Å². The molecule has 0 aliphatic carbocycles. The number of hydrogen-bond donors (Lipinski definition) is 3. The first kappa shape index (κ1) is 21.1. The average molecular weight is 410 g/mol. The highest BCUT2D eigenvalue weighted by Crippen LogP contribution is 2.25. The molecule has 3 rings (SSSR count). The Morgan fingerprint density at radius 3 is 2.20 bits per heavy atom. The van der Waals surface area contributed by atoms with Crippen molar-refractivity contribution in [3.05, 3.63) is 90.0 Å². The first-order chi connectivity index (χ1) is 14.3. The molecule has 0 radical (unpaired) electrons. The first-order valence-corrected chi connectivity index (χ1v) is 9.19. The molecular weight excluding hydrogens is 390 g/mol. The van der Waals surface area contributed by atoms with E-state index in [0.717, 1.165) is 29.3 Å². The monoisotopic (exact) mass is 410 g/mol. The van der Waals surface area contributed by atoms with Gasteiger partial charge in [-0.1, -0.05) is 54.6 Å². The Labute approximate surface area is 172 Å². The van der Waals surface area contributed by atoms with Crippen molar-refractivity contribution in [2.75, 3.05) is 11.9 Å². The Morgan fingerprint density at radius 1 is 0.900 bits per heavy atom. The van der Waals surface area contributed by atoms with E-state index in [4.69, 9.17) is 0 Å². The van der Waals surface area contributed by atoms with Crippen molar-refractivity contribution in [1.82, 2.24) is 5.32 Å². The summed E-state index contributed by atoms with van der Waals surface area (Å²) < 4.78 is 26.8. The number of rotatable bonds is 5. The molecule has 154 valence electrons. The summed E-state index contributed by atoms with van der Waals surface area (Å²) in [5.74, 6) is -3.88. The molecule has 0 spiro atoms. The van der Waals surface area contributed by atoms with Crippen LogP contribution in [0.2, 0.25) is 0 Å². The third kappa shape index (κ3) is 5.07. The minimum atomic E-state index is -1.45. The van der Waals surface area contributed by atoms with Crippen molar-refractivity contribution < 1.29 is 23.5 Å². The zero-order chi connectivity index (χ0) is 21.7. The van der Waals surface area contributed by atoms with E-state index in [1.165, 1.54) is 6.92 Å². The number of amides is 2. The van der Waals surface area contributed by atoms with Crippen LogP contribution in [-0.2, 0) is 15.2 Å². The van der Waals surface area contributed by atoms with Crippen molar-refractivity contribution in [3.8, 4) is 11.1 Å². The van der Waals surface area contributed by atoms with Crippen LogP contribution in [0.25, 0.3) is 11.1 Å². The number of carbonyl (C=O) groups excluding carboxylic acids is 2. The van der Waals surface area contributed by atoms with Crippen molar-refractivity contribution in [2.24, 2.45) is 0 Å². The minimum absolute atomic E-state index is 0.254. The van der Waals surface area contributed by atoms with Crippen molar-refractivity contribution in [2.45, 2.75) is 12.5 Å². The van der Waals surface area contributed by atoms with Crippen LogP contribution in [0.3, 0.4) is 0 Å². The Balaban J connectivity index is 1.61. The number of hydrogen-bond acceptors (Lipinski definition) is 3. The van der Waals surface area contributed by atoms with Crippen LogP contribution in [0.1, 0.15) is 12.5 Å². The van der Waals surface area contributed by atoms with Crippen LogP contribution in [0, 0.1) is 11.6 Å². The molecule has 2 amide bonds. The molecule has 0 saturated carbocycles. The van der Waals surface area contributed by atoms with Gasteiger partial charge in [-0.3, -0.25) is 9.59 Å². The summed E-state index contributed by atoms with van der Waals surface area (Å²) >= 11 is 0. The molecule has 7 heteroatoms. The topological polar surface area (TPSA) is 78.4 Å². The molecule has 0 aliphatic rings. The fraction of sp³-hybridized carbons (Fsp3) is 0.130.